The first-order chi connectivity index (χ1) is 4.71. The fourth-order valence-electron chi connectivity index (χ4n) is 1.51. The molecule has 0 unspecified atom stereocenters. The summed E-state index contributed by atoms with van der Waals surface area (Å²) in [6, 6.07) is 0. The molecule has 0 heterocycles. The Hall–Kier alpha value is -0.260. The van der Waals surface area contributed by atoms with Crippen LogP contribution in [0.3, 0.4) is 0 Å². The highest BCUT2D eigenvalue weighted by Gasteiger charge is 2.13. The Labute approximate surface area is 64.3 Å². The van der Waals surface area contributed by atoms with Crippen LogP contribution >= 0.6 is 0 Å². The molecule has 0 spiro atoms. The fraction of sp³-hybridized carbons (Fsp3) is 0.800. The maximum atomic E-state index is 2.38. The van der Waals surface area contributed by atoms with E-state index in [0.717, 1.165) is 0 Å². The van der Waals surface area contributed by atoms with Crippen LogP contribution in [0.5, 0.6) is 0 Å². The largest absolute Gasteiger partial charge is 0.0880 e. The van der Waals surface area contributed by atoms with E-state index >= 15 is 0 Å². The lowest BCUT2D eigenvalue weighted by atomic mass is 9.84. The van der Waals surface area contributed by atoms with Gasteiger partial charge in [-0.05, 0) is 24.7 Å². The predicted octanol–water partition coefficient (Wildman–Crippen LogP) is 3.53. The molecule has 0 atom stereocenters. The van der Waals surface area contributed by atoms with Crippen LogP contribution in [-0.2, 0) is 0 Å². The van der Waals surface area contributed by atoms with Gasteiger partial charge in [0, 0.05) is 0 Å². The van der Waals surface area contributed by atoms with Gasteiger partial charge in [-0.25, -0.2) is 0 Å². The summed E-state index contributed by atoms with van der Waals surface area (Å²) >= 11 is 0. The van der Waals surface area contributed by atoms with Gasteiger partial charge in [0.25, 0.3) is 0 Å². The standard InChI is InChI=1S/C10H18/c1-10(2)8-6-4-3-5-7-9-10/h6,8H,3-5,7,9H2,1-2H3/b8-6+. The van der Waals surface area contributed by atoms with E-state index in [0.29, 0.717) is 5.41 Å². The maximum Gasteiger partial charge on any atom is -0.0175 e. The second-order valence-corrected chi connectivity index (χ2v) is 3.99. The zero-order valence-corrected chi connectivity index (χ0v) is 7.19. The quantitative estimate of drug-likeness (QED) is 0.449. The predicted molar refractivity (Wildman–Crippen MR) is 46.0 cm³/mol. The monoisotopic (exact) mass is 138 g/mol. The average Bonchev–Trinajstić information content (AvgIpc) is 1.81. The summed E-state index contributed by atoms with van der Waals surface area (Å²) in [5, 5.41) is 0. The van der Waals surface area contributed by atoms with E-state index in [1.54, 1.807) is 0 Å². The van der Waals surface area contributed by atoms with Crippen LogP contribution in [-0.4, -0.2) is 0 Å². The summed E-state index contributed by atoms with van der Waals surface area (Å²) in [7, 11) is 0. The highest BCUT2D eigenvalue weighted by molar-refractivity contribution is 4.95. The highest BCUT2D eigenvalue weighted by atomic mass is 14.2. The molecule has 0 saturated heterocycles. The van der Waals surface area contributed by atoms with E-state index in [2.05, 4.69) is 26.0 Å². The highest BCUT2D eigenvalue weighted by Crippen LogP contribution is 2.27. The van der Waals surface area contributed by atoms with Gasteiger partial charge in [-0.15, -0.1) is 0 Å². The van der Waals surface area contributed by atoms with Gasteiger partial charge < -0.3 is 0 Å². The molecular formula is C10H18. The Balaban J connectivity index is 2.49. The Morgan fingerprint density at radius 3 is 2.70 bits per heavy atom. The molecule has 0 radical (unpaired) electrons. The van der Waals surface area contributed by atoms with Gasteiger partial charge in [-0.1, -0.05) is 38.8 Å². The third kappa shape index (κ3) is 2.55. The molecule has 0 aromatic heterocycles. The summed E-state index contributed by atoms with van der Waals surface area (Å²) in [5.41, 5.74) is 0.473. The molecule has 0 saturated carbocycles. The molecule has 10 heavy (non-hydrogen) atoms. The topological polar surface area (TPSA) is 0 Å². The second-order valence-electron chi connectivity index (χ2n) is 3.99. The smallest absolute Gasteiger partial charge is 0.0175 e. The molecule has 0 nitrogen and oxygen atoms in total. The van der Waals surface area contributed by atoms with Crippen LogP contribution in [0, 0.1) is 5.41 Å². The molecule has 0 aromatic rings. The maximum absolute atomic E-state index is 2.38. The Morgan fingerprint density at radius 1 is 1.10 bits per heavy atom. The summed E-state index contributed by atoms with van der Waals surface area (Å²) in [6.07, 6.45) is 11.6. The third-order valence-corrected chi connectivity index (χ3v) is 2.26. The molecule has 1 aliphatic carbocycles. The van der Waals surface area contributed by atoms with Crippen molar-refractivity contribution in [1.82, 2.24) is 0 Å². The zero-order valence-electron chi connectivity index (χ0n) is 7.19. The van der Waals surface area contributed by atoms with Crippen molar-refractivity contribution in [1.29, 1.82) is 0 Å². The van der Waals surface area contributed by atoms with Crippen LogP contribution < -0.4 is 0 Å². The van der Waals surface area contributed by atoms with E-state index in [1.807, 2.05) is 0 Å². The first-order valence-corrected chi connectivity index (χ1v) is 4.38. The van der Waals surface area contributed by atoms with Gasteiger partial charge >= 0.3 is 0 Å². The Morgan fingerprint density at radius 2 is 1.90 bits per heavy atom. The molecule has 0 aliphatic heterocycles. The van der Waals surface area contributed by atoms with Gasteiger partial charge in [0.15, 0.2) is 0 Å². The molecule has 0 fully saturated rings. The summed E-state index contributed by atoms with van der Waals surface area (Å²) in [4.78, 5) is 0. The van der Waals surface area contributed by atoms with Crippen LogP contribution in [0.2, 0.25) is 0 Å². The van der Waals surface area contributed by atoms with E-state index in [9.17, 15) is 0 Å². The van der Waals surface area contributed by atoms with Crippen molar-refractivity contribution in [3.8, 4) is 0 Å². The normalized spacial score (nSPS) is 28.6. The molecule has 1 aliphatic rings. The minimum absolute atomic E-state index is 0.473. The van der Waals surface area contributed by atoms with Crippen LogP contribution in [0.25, 0.3) is 0 Å². The zero-order chi connectivity index (χ0) is 7.45. The summed E-state index contributed by atoms with van der Waals surface area (Å²) < 4.78 is 0. The van der Waals surface area contributed by atoms with Crippen molar-refractivity contribution in [2.45, 2.75) is 46.0 Å². The van der Waals surface area contributed by atoms with E-state index in [1.165, 1.54) is 32.1 Å². The van der Waals surface area contributed by atoms with Crippen molar-refractivity contribution in [3.63, 3.8) is 0 Å². The molecule has 0 N–H and O–H groups in total. The summed E-state index contributed by atoms with van der Waals surface area (Å²) in [5.74, 6) is 0. The first kappa shape index (κ1) is 7.84. The van der Waals surface area contributed by atoms with Gasteiger partial charge in [0.05, 0.1) is 0 Å². The molecule has 1 rings (SSSR count). The van der Waals surface area contributed by atoms with Gasteiger partial charge in [0.2, 0.25) is 0 Å². The van der Waals surface area contributed by atoms with Crippen molar-refractivity contribution >= 4 is 0 Å². The number of rotatable bonds is 0. The lowest BCUT2D eigenvalue weighted by Gasteiger charge is -2.21. The van der Waals surface area contributed by atoms with Crippen molar-refractivity contribution < 1.29 is 0 Å². The van der Waals surface area contributed by atoms with E-state index in [-0.39, 0.29) is 0 Å². The third-order valence-electron chi connectivity index (χ3n) is 2.26. The molecule has 0 aromatic carbocycles. The first-order valence-electron chi connectivity index (χ1n) is 4.38. The van der Waals surface area contributed by atoms with Crippen LogP contribution in [0.15, 0.2) is 12.2 Å². The number of hydrogen-bond donors (Lipinski definition) is 0. The number of allylic oxidation sites excluding steroid dienone is 2. The van der Waals surface area contributed by atoms with Crippen molar-refractivity contribution in [3.05, 3.63) is 12.2 Å². The summed E-state index contributed by atoms with van der Waals surface area (Å²) in [6.45, 7) is 4.66. The minimum atomic E-state index is 0.473. The fourth-order valence-corrected chi connectivity index (χ4v) is 1.51. The van der Waals surface area contributed by atoms with Gasteiger partial charge in [-0.2, -0.15) is 0 Å². The lowest BCUT2D eigenvalue weighted by molar-refractivity contribution is 0.402. The molecule has 0 bridgehead atoms. The number of hydrogen-bond acceptors (Lipinski definition) is 0. The van der Waals surface area contributed by atoms with Crippen LogP contribution in [0.4, 0.5) is 0 Å². The minimum Gasteiger partial charge on any atom is -0.0880 e. The van der Waals surface area contributed by atoms with Crippen molar-refractivity contribution in [2.24, 2.45) is 5.41 Å². The van der Waals surface area contributed by atoms with Gasteiger partial charge in [0.1, 0.15) is 0 Å². The van der Waals surface area contributed by atoms with Crippen LogP contribution in [0.1, 0.15) is 46.0 Å². The van der Waals surface area contributed by atoms with E-state index < -0.39 is 0 Å². The van der Waals surface area contributed by atoms with E-state index in [4.69, 9.17) is 0 Å². The SMILES string of the molecule is CC1(C)/C=C/CCCCC1. The average molecular weight is 138 g/mol. The molecule has 0 amide bonds. The van der Waals surface area contributed by atoms with Gasteiger partial charge in [-0.3, -0.25) is 0 Å². The molecule has 0 heteroatoms. The molecular weight excluding hydrogens is 120 g/mol. The van der Waals surface area contributed by atoms with Crippen molar-refractivity contribution in [2.75, 3.05) is 0 Å². The Bertz CT molecular complexity index is 120. The molecule has 58 valence electrons. The Kier molecular flexibility index (Phi) is 2.53. The second kappa shape index (κ2) is 3.23. The lowest BCUT2D eigenvalue weighted by Crippen LogP contribution is -2.07.